The van der Waals surface area contributed by atoms with Gasteiger partial charge >= 0.3 is 0 Å². The molecule has 0 bridgehead atoms. The van der Waals surface area contributed by atoms with Crippen LogP contribution in [0.4, 0.5) is 10.1 Å². The molecular weight excluding hydrogens is 293 g/mol. The van der Waals surface area contributed by atoms with Crippen molar-refractivity contribution in [1.29, 1.82) is 0 Å². The molecule has 0 aliphatic carbocycles. The first-order valence-electron chi connectivity index (χ1n) is 6.63. The van der Waals surface area contributed by atoms with Crippen LogP contribution in [-0.4, -0.2) is 13.7 Å². The summed E-state index contributed by atoms with van der Waals surface area (Å²) >= 11 is 6.19. The number of ether oxygens (including phenoxy) is 2. The van der Waals surface area contributed by atoms with E-state index in [4.69, 9.17) is 21.1 Å². The van der Waals surface area contributed by atoms with Gasteiger partial charge in [-0.2, -0.15) is 0 Å². The lowest BCUT2D eigenvalue weighted by atomic mass is 10.2. The fourth-order valence-corrected chi connectivity index (χ4v) is 2.24. The summed E-state index contributed by atoms with van der Waals surface area (Å²) in [4.78, 5) is 0. The van der Waals surface area contributed by atoms with Crippen molar-refractivity contribution in [2.75, 3.05) is 19.0 Å². The molecule has 2 rings (SSSR count). The number of hydrogen-bond donors (Lipinski definition) is 1. The van der Waals surface area contributed by atoms with Crippen LogP contribution in [0.3, 0.4) is 0 Å². The van der Waals surface area contributed by atoms with E-state index in [0.717, 1.165) is 5.56 Å². The van der Waals surface area contributed by atoms with Crippen molar-refractivity contribution in [3.63, 3.8) is 0 Å². The molecule has 0 aromatic heterocycles. The number of rotatable bonds is 6. The van der Waals surface area contributed by atoms with Crippen LogP contribution in [0, 0.1) is 5.82 Å². The van der Waals surface area contributed by atoms with Crippen molar-refractivity contribution in [2.45, 2.75) is 13.5 Å². The zero-order valence-electron chi connectivity index (χ0n) is 12.0. The van der Waals surface area contributed by atoms with E-state index in [9.17, 15) is 4.39 Å². The molecule has 2 aromatic carbocycles. The smallest absolute Gasteiger partial charge is 0.145 e. The number of hydrogen-bond acceptors (Lipinski definition) is 3. The van der Waals surface area contributed by atoms with Crippen LogP contribution in [-0.2, 0) is 6.54 Å². The third-order valence-electron chi connectivity index (χ3n) is 2.99. The quantitative estimate of drug-likeness (QED) is 0.852. The summed E-state index contributed by atoms with van der Waals surface area (Å²) in [5.74, 6) is 0.845. The van der Waals surface area contributed by atoms with Gasteiger partial charge in [-0.3, -0.25) is 0 Å². The van der Waals surface area contributed by atoms with Gasteiger partial charge in [0.1, 0.15) is 17.3 Å². The summed E-state index contributed by atoms with van der Waals surface area (Å²) in [6, 6.07) is 9.86. The van der Waals surface area contributed by atoms with E-state index in [2.05, 4.69) is 5.32 Å². The number of anilines is 1. The largest absolute Gasteiger partial charge is 0.496 e. The normalized spacial score (nSPS) is 10.3. The van der Waals surface area contributed by atoms with Gasteiger partial charge in [-0.15, -0.1) is 0 Å². The molecule has 0 fully saturated rings. The highest BCUT2D eigenvalue weighted by atomic mass is 35.5. The van der Waals surface area contributed by atoms with E-state index < -0.39 is 0 Å². The van der Waals surface area contributed by atoms with Gasteiger partial charge in [0.2, 0.25) is 0 Å². The van der Waals surface area contributed by atoms with Crippen molar-refractivity contribution in [2.24, 2.45) is 0 Å². The minimum Gasteiger partial charge on any atom is -0.496 e. The maximum absolute atomic E-state index is 13.3. The minimum atomic E-state index is -0.334. The molecule has 0 saturated heterocycles. The third-order valence-corrected chi connectivity index (χ3v) is 3.35. The Morgan fingerprint density at radius 3 is 2.71 bits per heavy atom. The Balaban J connectivity index is 2.20. The molecule has 112 valence electrons. The Bertz CT molecular complexity index is 619. The van der Waals surface area contributed by atoms with Crippen molar-refractivity contribution >= 4 is 17.3 Å². The van der Waals surface area contributed by atoms with E-state index in [-0.39, 0.29) is 5.82 Å². The highest BCUT2D eigenvalue weighted by Crippen LogP contribution is 2.30. The Kier molecular flexibility index (Phi) is 5.28. The first-order chi connectivity index (χ1) is 10.2. The highest BCUT2D eigenvalue weighted by molar-refractivity contribution is 6.31. The van der Waals surface area contributed by atoms with Gasteiger partial charge in [0, 0.05) is 23.2 Å². The van der Waals surface area contributed by atoms with Crippen LogP contribution in [0.2, 0.25) is 5.02 Å². The second-order valence-corrected chi connectivity index (χ2v) is 4.75. The highest BCUT2D eigenvalue weighted by Gasteiger charge is 2.10. The average Bonchev–Trinajstić information content (AvgIpc) is 2.47. The summed E-state index contributed by atoms with van der Waals surface area (Å²) in [5, 5.41) is 3.81. The molecule has 0 unspecified atom stereocenters. The van der Waals surface area contributed by atoms with Crippen LogP contribution in [0.15, 0.2) is 36.4 Å². The van der Waals surface area contributed by atoms with E-state index in [1.807, 2.05) is 19.1 Å². The molecule has 5 heteroatoms. The van der Waals surface area contributed by atoms with Gasteiger partial charge in [-0.05, 0) is 31.2 Å². The lowest BCUT2D eigenvalue weighted by Crippen LogP contribution is -2.05. The second-order valence-electron chi connectivity index (χ2n) is 4.35. The van der Waals surface area contributed by atoms with Gasteiger partial charge in [0.25, 0.3) is 0 Å². The molecule has 0 heterocycles. The standard InChI is InChI=1S/C16H17ClFNO2/c1-3-21-16-9-11(18)7-8-14(16)19-10-12-13(17)5-4-6-15(12)20-2/h4-9,19H,3,10H2,1-2H3. The van der Waals surface area contributed by atoms with Gasteiger partial charge < -0.3 is 14.8 Å². The maximum Gasteiger partial charge on any atom is 0.145 e. The molecule has 0 spiro atoms. The number of methoxy groups -OCH3 is 1. The van der Waals surface area contributed by atoms with Crippen molar-refractivity contribution in [3.05, 3.63) is 52.8 Å². The molecule has 0 atom stereocenters. The van der Waals surface area contributed by atoms with Gasteiger partial charge in [-0.25, -0.2) is 4.39 Å². The Morgan fingerprint density at radius 1 is 1.19 bits per heavy atom. The number of halogens is 2. The van der Waals surface area contributed by atoms with Crippen LogP contribution < -0.4 is 14.8 Å². The van der Waals surface area contributed by atoms with E-state index in [1.54, 1.807) is 19.2 Å². The average molecular weight is 310 g/mol. The SMILES string of the molecule is CCOc1cc(F)ccc1NCc1c(Cl)cccc1OC. The second kappa shape index (κ2) is 7.18. The predicted octanol–water partition coefficient (Wildman–Crippen LogP) is 4.50. The fourth-order valence-electron chi connectivity index (χ4n) is 2.00. The Morgan fingerprint density at radius 2 is 2.00 bits per heavy atom. The molecule has 0 saturated carbocycles. The first kappa shape index (κ1) is 15.4. The third kappa shape index (κ3) is 3.79. The summed E-state index contributed by atoms with van der Waals surface area (Å²) in [6.45, 7) is 2.77. The molecule has 0 amide bonds. The van der Waals surface area contributed by atoms with Crippen LogP contribution in [0.1, 0.15) is 12.5 Å². The predicted molar refractivity (Wildman–Crippen MR) is 82.9 cm³/mol. The molecule has 21 heavy (non-hydrogen) atoms. The van der Waals surface area contributed by atoms with Crippen molar-refractivity contribution < 1.29 is 13.9 Å². The first-order valence-corrected chi connectivity index (χ1v) is 7.01. The topological polar surface area (TPSA) is 30.5 Å². The fraction of sp³-hybridized carbons (Fsp3) is 0.250. The molecule has 3 nitrogen and oxygen atoms in total. The lowest BCUT2D eigenvalue weighted by molar-refractivity contribution is 0.339. The molecule has 1 N–H and O–H groups in total. The van der Waals surface area contributed by atoms with Crippen LogP contribution >= 0.6 is 11.6 Å². The van der Waals surface area contributed by atoms with E-state index in [1.165, 1.54) is 12.1 Å². The molecule has 2 aromatic rings. The number of nitrogens with one attached hydrogen (secondary N) is 1. The van der Waals surface area contributed by atoms with Crippen LogP contribution in [0.25, 0.3) is 0 Å². The molecule has 0 aliphatic heterocycles. The number of benzene rings is 2. The van der Waals surface area contributed by atoms with Crippen molar-refractivity contribution in [3.8, 4) is 11.5 Å². The Hall–Kier alpha value is -1.94. The molecule has 0 radical (unpaired) electrons. The van der Waals surface area contributed by atoms with Gasteiger partial charge in [-0.1, -0.05) is 17.7 Å². The summed E-state index contributed by atoms with van der Waals surface area (Å²) in [7, 11) is 1.60. The van der Waals surface area contributed by atoms with Gasteiger partial charge in [0.05, 0.1) is 19.4 Å². The zero-order chi connectivity index (χ0) is 15.2. The van der Waals surface area contributed by atoms with Crippen molar-refractivity contribution in [1.82, 2.24) is 0 Å². The van der Waals surface area contributed by atoms with Gasteiger partial charge in [0.15, 0.2) is 0 Å². The summed E-state index contributed by atoms with van der Waals surface area (Å²) < 4.78 is 24.0. The zero-order valence-corrected chi connectivity index (χ0v) is 12.7. The monoisotopic (exact) mass is 309 g/mol. The Labute approximate surface area is 128 Å². The molecular formula is C16H17ClFNO2. The maximum atomic E-state index is 13.3. The minimum absolute atomic E-state index is 0.334. The molecule has 0 aliphatic rings. The van der Waals surface area contributed by atoms with E-state index >= 15 is 0 Å². The summed E-state index contributed by atoms with van der Waals surface area (Å²) in [6.07, 6.45) is 0. The van der Waals surface area contributed by atoms with Crippen LogP contribution in [0.5, 0.6) is 11.5 Å². The summed E-state index contributed by atoms with van der Waals surface area (Å²) in [5.41, 5.74) is 1.55. The van der Waals surface area contributed by atoms with E-state index in [0.29, 0.717) is 35.4 Å². The lowest BCUT2D eigenvalue weighted by Gasteiger charge is -2.15.